The zero-order valence-corrected chi connectivity index (χ0v) is 28.8. The highest BCUT2D eigenvalue weighted by Crippen LogP contribution is 2.35. The summed E-state index contributed by atoms with van der Waals surface area (Å²) in [6, 6.07) is 5.69. The fourth-order valence-corrected chi connectivity index (χ4v) is 6.52. The van der Waals surface area contributed by atoms with Gasteiger partial charge in [0.1, 0.15) is 11.9 Å². The Morgan fingerprint density at radius 1 is 0.913 bits per heavy atom. The van der Waals surface area contributed by atoms with Gasteiger partial charge in [-0.3, -0.25) is 9.80 Å². The van der Waals surface area contributed by atoms with Gasteiger partial charge in [0, 0.05) is 61.6 Å². The monoisotopic (exact) mass is 661 g/mol. The van der Waals surface area contributed by atoms with Crippen LogP contribution in [-0.2, 0) is 35.0 Å². The van der Waals surface area contributed by atoms with E-state index in [1.165, 1.54) is 0 Å². The molecule has 0 saturated carbocycles. The maximum Gasteiger partial charge on any atom is 0.336 e. The number of esters is 2. The summed E-state index contributed by atoms with van der Waals surface area (Å²) >= 11 is 6.21. The molecule has 46 heavy (non-hydrogen) atoms. The van der Waals surface area contributed by atoms with Gasteiger partial charge in [-0.2, -0.15) is 0 Å². The highest BCUT2D eigenvalue weighted by Gasteiger charge is 2.37. The number of nitrogens with one attached hydrogen (secondary N) is 1. The third-order valence-corrected chi connectivity index (χ3v) is 9.18. The number of morpholine rings is 2. The van der Waals surface area contributed by atoms with Gasteiger partial charge >= 0.3 is 11.9 Å². The Hall–Kier alpha value is -2.63. The number of dihydropyridines is 1. The number of hydrogen-bond acceptors (Lipinski definition) is 10. The van der Waals surface area contributed by atoms with E-state index in [0.29, 0.717) is 76.5 Å². The predicted molar refractivity (Wildman–Crippen MR) is 178 cm³/mol. The molecule has 11 heteroatoms. The van der Waals surface area contributed by atoms with Crippen LogP contribution in [0.5, 0.6) is 5.75 Å². The largest absolute Gasteiger partial charge is 0.494 e. The second-order valence-corrected chi connectivity index (χ2v) is 12.4. The molecule has 10 nitrogen and oxygen atoms in total. The SMILES string of the molecule is CCC1=C(C(=O)OCCCCOc2ccc(Cl)c(CC)c2)C(CC)C(C(=O)OC(CN2CCOCC2)CN2CCOCC2)=C(C)N1. The Morgan fingerprint density at radius 3 is 2.13 bits per heavy atom. The lowest BCUT2D eigenvalue weighted by atomic mass is 9.83. The van der Waals surface area contributed by atoms with Gasteiger partial charge in [0.15, 0.2) is 0 Å². The molecule has 1 aromatic rings. The average molecular weight is 662 g/mol. The molecule has 4 rings (SSSR count). The summed E-state index contributed by atoms with van der Waals surface area (Å²) in [5, 5.41) is 4.09. The van der Waals surface area contributed by atoms with E-state index < -0.39 is 11.9 Å². The van der Waals surface area contributed by atoms with Crippen molar-refractivity contribution >= 4 is 23.5 Å². The number of unbranched alkanes of at least 4 members (excludes halogenated alkanes) is 1. The van der Waals surface area contributed by atoms with Crippen molar-refractivity contribution in [1.29, 1.82) is 0 Å². The smallest absolute Gasteiger partial charge is 0.336 e. The van der Waals surface area contributed by atoms with Crippen molar-refractivity contribution in [2.24, 2.45) is 5.92 Å². The molecular weight excluding hydrogens is 610 g/mol. The van der Waals surface area contributed by atoms with Crippen molar-refractivity contribution in [1.82, 2.24) is 15.1 Å². The number of carbonyl (C=O) groups excluding carboxylic acids is 2. The van der Waals surface area contributed by atoms with Crippen LogP contribution in [0.15, 0.2) is 40.7 Å². The molecule has 0 amide bonds. The first kappa shape index (κ1) is 36.2. The lowest BCUT2D eigenvalue weighted by Gasteiger charge is -2.35. The highest BCUT2D eigenvalue weighted by molar-refractivity contribution is 6.31. The van der Waals surface area contributed by atoms with Crippen LogP contribution in [-0.4, -0.2) is 107 Å². The van der Waals surface area contributed by atoms with Gasteiger partial charge in [0.25, 0.3) is 0 Å². The number of hydrogen-bond donors (Lipinski definition) is 1. The van der Waals surface area contributed by atoms with Gasteiger partial charge in [-0.1, -0.05) is 32.4 Å². The molecule has 0 radical (unpaired) electrons. The third-order valence-electron chi connectivity index (χ3n) is 8.81. The van der Waals surface area contributed by atoms with Gasteiger partial charge in [0.05, 0.1) is 50.8 Å². The Morgan fingerprint density at radius 2 is 1.54 bits per heavy atom. The van der Waals surface area contributed by atoms with Gasteiger partial charge in [-0.15, -0.1) is 0 Å². The average Bonchev–Trinajstić information content (AvgIpc) is 3.07. The quantitative estimate of drug-likeness (QED) is 0.197. The van der Waals surface area contributed by atoms with Crippen LogP contribution in [0, 0.1) is 5.92 Å². The van der Waals surface area contributed by atoms with Crippen molar-refractivity contribution in [3.8, 4) is 5.75 Å². The molecule has 3 heterocycles. The molecule has 3 aliphatic rings. The van der Waals surface area contributed by atoms with Crippen LogP contribution >= 0.6 is 11.6 Å². The molecule has 0 bridgehead atoms. The first-order valence-electron chi connectivity index (χ1n) is 16.9. The highest BCUT2D eigenvalue weighted by atomic mass is 35.5. The van der Waals surface area contributed by atoms with E-state index in [2.05, 4.69) is 22.0 Å². The Balaban J connectivity index is 1.35. The van der Waals surface area contributed by atoms with Gasteiger partial charge in [0.2, 0.25) is 0 Å². The second kappa shape index (κ2) is 18.6. The molecule has 1 aromatic carbocycles. The molecule has 2 saturated heterocycles. The molecular formula is C35H52ClN3O7. The number of carbonyl (C=O) groups is 2. The number of aryl methyl sites for hydroxylation is 1. The summed E-state index contributed by atoms with van der Waals surface area (Å²) in [7, 11) is 0. The molecule has 256 valence electrons. The predicted octanol–water partition coefficient (Wildman–Crippen LogP) is 4.75. The van der Waals surface area contributed by atoms with Crippen LogP contribution in [0.1, 0.15) is 58.9 Å². The van der Waals surface area contributed by atoms with E-state index in [9.17, 15) is 9.59 Å². The van der Waals surface area contributed by atoms with E-state index in [1.807, 2.05) is 39.0 Å². The normalized spacial score (nSPS) is 19.7. The molecule has 2 fully saturated rings. The fourth-order valence-electron chi connectivity index (χ4n) is 6.26. The first-order valence-corrected chi connectivity index (χ1v) is 17.3. The number of halogens is 1. The molecule has 1 N–H and O–H groups in total. The maximum atomic E-state index is 13.9. The maximum absolute atomic E-state index is 13.9. The standard InChI is InChI=1S/C35H52ClN3O7/c1-5-26-22-27(10-11-30(26)36)44-16-8-9-17-45-34(40)33-29(6-2)32(25(4)37-31(33)7-3)35(41)46-28(23-38-12-18-42-19-13-38)24-39-14-20-43-21-15-39/h10-11,22,28-29,37H,5-9,12-21,23-24H2,1-4H3. The minimum Gasteiger partial charge on any atom is -0.494 e. The number of rotatable bonds is 16. The second-order valence-electron chi connectivity index (χ2n) is 12.0. The lowest BCUT2D eigenvalue weighted by Crippen LogP contribution is -2.49. The van der Waals surface area contributed by atoms with Crippen LogP contribution in [0.2, 0.25) is 5.02 Å². The van der Waals surface area contributed by atoms with E-state index in [1.54, 1.807) is 0 Å². The molecule has 0 spiro atoms. The van der Waals surface area contributed by atoms with E-state index >= 15 is 0 Å². The number of ether oxygens (including phenoxy) is 5. The zero-order valence-electron chi connectivity index (χ0n) is 28.0. The van der Waals surface area contributed by atoms with Gasteiger partial charge in [-0.25, -0.2) is 9.59 Å². The van der Waals surface area contributed by atoms with E-state index in [4.69, 9.17) is 35.3 Å². The van der Waals surface area contributed by atoms with Crippen LogP contribution < -0.4 is 10.1 Å². The van der Waals surface area contributed by atoms with Gasteiger partial charge in [-0.05, 0) is 62.8 Å². The summed E-state index contributed by atoms with van der Waals surface area (Å²) < 4.78 is 29.0. The third kappa shape index (κ3) is 10.2. The van der Waals surface area contributed by atoms with Gasteiger partial charge < -0.3 is 29.0 Å². The Kier molecular flexibility index (Phi) is 14.7. The number of allylic oxidation sites excluding steroid dienone is 2. The lowest BCUT2D eigenvalue weighted by molar-refractivity contribution is -0.148. The summed E-state index contributed by atoms with van der Waals surface area (Å²) in [6.45, 7) is 15.9. The molecule has 3 aliphatic heterocycles. The summed E-state index contributed by atoms with van der Waals surface area (Å²) in [4.78, 5) is 32.1. The minimum atomic E-state index is -0.412. The van der Waals surface area contributed by atoms with Crippen LogP contribution in [0.25, 0.3) is 0 Å². The topological polar surface area (TPSA) is 98.8 Å². The van der Waals surface area contributed by atoms with Crippen LogP contribution in [0.3, 0.4) is 0 Å². The van der Waals surface area contributed by atoms with Crippen molar-refractivity contribution in [2.75, 3.05) is 78.9 Å². The number of nitrogens with zero attached hydrogens (tertiary/aromatic N) is 2. The zero-order chi connectivity index (χ0) is 32.9. The first-order chi connectivity index (χ1) is 22.3. The summed E-state index contributed by atoms with van der Waals surface area (Å²) in [5.41, 5.74) is 3.60. The fraction of sp³-hybridized carbons (Fsp3) is 0.657. The molecule has 0 aliphatic carbocycles. The van der Waals surface area contributed by atoms with E-state index in [0.717, 1.165) is 66.8 Å². The summed E-state index contributed by atoms with van der Waals surface area (Å²) in [5.74, 6) is -0.397. The van der Waals surface area contributed by atoms with Crippen molar-refractivity contribution in [3.05, 3.63) is 51.3 Å². The van der Waals surface area contributed by atoms with Crippen LogP contribution in [0.4, 0.5) is 0 Å². The number of benzene rings is 1. The minimum absolute atomic E-state index is 0.267. The van der Waals surface area contributed by atoms with Crippen molar-refractivity contribution in [3.63, 3.8) is 0 Å². The van der Waals surface area contributed by atoms with Crippen molar-refractivity contribution in [2.45, 2.75) is 65.9 Å². The Labute approximate surface area is 279 Å². The molecule has 1 unspecified atom stereocenters. The van der Waals surface area contributed by atoms with Crippen molar-refractivity contribution < 1.29 is 33.3 Å². The summed E-state index contributed by atoms with van der Waals surface area (Å²) in [6.07, 6.45) is 3.10. The Bertz CT molecular complexity index is 1200. The van der Waals surface area contributed by atoms with E-state index in [-0.39, 0.29) is 18.7 Å². The molecule has 1 atom stereocenters. The molecule has 0 aromatic heterocycles.